The monoisotopic (exact) mass is 250 g/mol. The van der Waals surface area contributed by atoms with Crippen LogP contribution in [0.15, 0.2) is 0 Å². The van der Waals surface area contributed by atoms with Crippen LogP contribution in [0.5, 0.6) is 5.88 Å². The van der Waals surface area contributed by atoms with Gasteiger partial charge in [-0.15, -0.1) is 0 Å². The number of nitrogens with zero attached hydrogens (tertiary/aromatic N) is 2. The zero-order valence-corrected chi connectivity index (χ0v) is 11.2. The largest absolute Gasteiger partial charge is 0.479 e. The number of hydrogen-bond donors (Lipinski definition) is 2. The Balaban J connectivity index is 2.14. The fraction of sp³-hybridized carbons (Fsp3) is 0.692. The van der Waals surface area contributed by atoms with Crippen LogP contribution in [0.2, 0.25) is 0 Å². The molecule has 0 aliphatic heterocycles. The van der Waals surface area contributed by atoms with Gasteiger partial charge in [-0.1, -0.05) is 25.7 Å². The first-order valence-electron chi connectivity index (χ1n) is 6.65. The van der Waals surface area contributed by atoms with Gasteiger partial charge in [0.25, 0.3) is 0 Å². The molecule has 0 amide bonds. The quantitative estimate of drug-likeness (QED) is 0.806. The molecular formula is C13H22N4O. The summed E-state index contributed by atoms with van der Waals surface area (Å²) in [6.45, 7) is 1.85. The van der Waals surface area contributed by atoms with E-state index < -0.39 is 0 Å². The van der Waals surface area contributed by atoms with Crippen molar-refractivity contribution in [1.82, 2.24) is 9.97 Å². The van der Waals surface area contributed by atoms with Crippen LogP contribution in [-0.2, 0) is 0 Å². The SMILES string of the molecule is COc1nc(C)nc(NC2CCCCCC2)c1N. The lowest BCUT2D eigenvalue weighted by molar-refractivity contribution is 0.398. The van der Waals surface area contributed by atoms with Crippen molar-refractivity contribution in [1.29, 1.82) is 0 Å². The molecule has 2 rings (SSSR count). The maximum absolute atomic E-state index is 6.01. The Labute approximate surface area is 108 Å². The molecule has 5 nitrogen and oxygen atoms in total. The third-order valence-corrected chi connectivity index (χ3v) is 3.41. The van der Waals surface area contributed by atoms with Gasteiger partial charge in [-0.2, -0.15) is 4.98 Å². The molecule has 1 aromatic heterocycles. The van der Waals surface area contributed by atoms with Crippen LogP contribution < -0.4 is 15.8 Å². The van der Waals surface area contributed by atoms with Crippen LogP contribution in [0.25, 0.3) is 0 Å². The normalized spacial score (nSPS) is 17.2. The highest BCUT2D eigenvalue weighted by molar-refractivity contribution is 5.67. The molecule has 5 heteroatoms. The van der Waals surface area contributed by atoms with Gasteiger partial charge in [-0.25, -0.2) is 4.98 Å². The van der Waals surface area contributed by atoms with Gasteiger partial charge < -0.3 is 15.8 Å². The Kier molecular flexibility index (Phi) is 4.23. The van der Waals surface area contributed by atoms with Crippen molar-refractivity contribution < 1.29 is 4.74 Å². The van der Waals surface area contributed by atoms with Crippen molar-refractivity contribution in [2.24, 2.45) is 0 Å². The summed E-state index contributed by atoms with van der Waals surface area (Å²) >= 11 is 0. The van der Waals surface area contributed by atoms with Crippen LogP contribution >= 0.6 is 0 Å². The highest BCUT2D eigenvalue weighted by Gasteiger charge is 2.16. The van der Waals surface area contributed by atoms with E-state index in [9.17, 15) is 0 Å². The predicted molar refractivity (Wildman–Crippen MR) is 72.8 cm³/mol. The van der Waals surface area contributed by atoms with Gasteiger partial charge in [0.1, 0.15) is 11.5 Å². The zero-order chi connectivity index (χ0) is 13.0. The molecule has 1 heterocycles. The van der Waals surface area contributed by atoms with Gasteiger partial charge in [0.15, 0.2) is 5.82 Å². The molecular weight excluding hydrogens is 228 g/mol. The molecule has 0 spiro atoms. The second kappa shape index (κ2) is 5.89. The van der Waals surface area contributed by atoms with E-state index in [-0.39, 0.29) is 0 Å². The van der Waals surface area contributed by atoms with Gasteiger partial charge >= 0.3 is 0 Å². The summed E-state index contributed by atoms with van der Waals surface area (Å²) in [5.74, 6) is 1.85. The van der Waals surface area contributed by atoms with Crippen molar-refractivity contribution in [3.8, 4) is 5.88 Å². The molecule has 1 aromatic rings. The number of nitrogen functional groups attached to an aromatic ring is 1. The standard InChI is InChI=1S/C13H22N4O/c1-9-15-12(11(14)13(16-9)18-2)17-10-7-5-3-4-6-8-10/h10H,3-8,14H2,1-2H3,(H,15,16,17). The van der Waals surface area contributed by atoms with Gasteiger partial charge in [0.05, 0.1) is 7.11 Å². The molecule has 3 N–H and O–H groups in total. The second-order valence-corrected chi connectivity index (χ2v) is 4.88. The summed E-state index contributed by atoms with van der Waals surface area (Å²) in [6, 6.07) is 0.466. The predicted octanol–water partition coefficient (Wildman–Crippen LogP) is 2.51. The van der Waals surface area contributed by atoms with Crippen LogP contribution in [0.3, 0.4) is 0 Å². The van der Waals surface area contributed by atoms with Crippen molar-refractivity contribution >= 4 is 11.5 Å². The van der Waals surface area contributed by atoms with E-state index in [1.807, 2.05) is 6.92 Å². The summed E-state index contributed by atoms with van der Waals surface area (Å²) in [4.78, 5) is 8.54. The number of rotatable bonds is 3. The third kappa shape index (κ3) is 3.03. The first kappa shape index (κ1) is 12.9. The van der Waals surface area contributed by atoms with Gasteiger partial charge in [0, 0.05) is 6.04 Å². The molecule has 0 bridgehead atoms. The van der Waals surface area contributed by atoms with Crippen LogP contribution in [-0.4, -0.2) is 23.1 Å². The van der Waals surface area contributed by atoms with Crippen molar-refractivity contribution in [3.63, 3.8) is 0 Å². The van der Waals surface area contributed by atoms with E-state index in [2.05, 4.69) is 15.3 Å². The maximum atomic E-state index is 6.01. The van der Waals surface area contributed by atoms with Crippen molar-refractivity contribution in [2.75, 3.05) is 18.2 Å². The molecule has 0 unspecified atom stereocenters. The average Bonchev–Trinajstić information content (AvgIpc) is 2.62. The Hall–Kier alpha value is -1.52. The highest BCUT2D eigenvalue weighted by atomic mass is 16.5. The third-order valence-electron chi connectivity index (χ3n) is 3.41. The first-order valence-corrected chi connectivity index (χ1v) is 6.65. The number of aryl methyl sites for hydroxylation is 1. The molecule has 1 aliphatic carbocycles. The fourth-order valence-electron chi connectivity index (χ4n) is 2.44. The molecule has 18 heavy (non-hydrogen) atoms. The lowest BCUT2D eigenvalue weighted by Gasteiger charge is -2.19. The number of anilines is 2. The summed E-state index contributed by atoms with van der Waals surface area (Å²) < 4.78 is 5.16. The summed E-state index contributed by atoms with van der Waals surface area (Å²) in [5.41, 5.74) is 6.51. The highest BCUT2D eigenvalue weighted by Crippen LogP contribution is 2.28. The minimum absolute atomic E-state index is 0.457. The van der Waals surface area contributed by atoms with E-state index in [1.54, 1.807) is 7.11 Å². The summed E-state index contributed by atoms with van der Waals surface area (Å²) in [5, 5.41) is 3.45. The molecule has 100 valence electrons. The molecule has 0 saturated heterocycles. The van der Waals surface area contributed by atoms with Gasteiger partial charge in [-0.3, -0.25) is 0 Å². The summed E-state index contributed by atoms with van der Waals surface area (Å²) in [7, 11) is 1.58. The smallest absolute Gasteiger partial charge is 0.242 e. The second-order valence-electron chi connectivity index (χ2n) is 4.88. The van der Waals surface area contributed by atoms with E-state index >= 15 is 0 Å². The molecule has 0 atom stereocenters. The van der Waals surface area contributed by atoms with E-state index in [0.29, 0.717) is 29.3 Å². The molecule has 1 saturated carbocycles. The number of nitrogens with two attached hydrogens (primary N) is 1. The van der Waals surface area contributed by atoms with Crippen LogP contribution in [0.4, 0.5) is 11.5 Å². The number of methoxy groups -OCH3 is 1. The molecule has 1 aliphatic rings. The Bertz CT molecular complexity index is 400. The number of hydrogen-bond acceptors (Lipinski definition) is 5. The summed E-state index contributed by atoms with van der Waals surface area (Å²) in [6.07, 6.45) is 7.59. The van der Waals surface area contributed by atoms with Crippen molar-refractivity contribution in [2.45, 2.75) is 51.5 Å². The van der Waals surface area contributed by atoms with Crippen LogP contribution in [0, 0.1) is 6.92 Å². The fourth-order valence-corrected chi connectivity index (χ4v) is 2.44. The number of aromatic nitrogens is 2. The van der Waals surface area contributed by atoms with Gasteiger partial charge in [-0.05, 0) is 19.8 Å². The Morgan fingerprint density at radius 2 is 1.83 bits per heavy atom. The lowest BCUT2D eigenvalue weighted by atomic mass is 10.1. The Morgan fingerprint density at radius 3 is 2.44 bits per heavy atom. The van der Waals surface area contributed by atoms with E-state index in [0.717, 1.165) is 0 Å². The van der Waals surface area contributed by atoms with E-state index in [4.69, 9.17) is 10.5 Å². The minimum Gasteiger partial charge on any atom is -0.479 e. The van der Waals surface area contributed by atoms with Gasteiger partial charge in [0.2, 0.25) is 5.88 Å². The minimum atomic E-state index is 0.457. The topological polar surface area (TPSA) is 73.1 Å². The van der Waals surface area contributed by atoms with E-state index in [1.165, 1.54) is 38.5 Å². The number of nitrogens with one attached hydrogen (secondary N) is 1. The lowest BCUT2D eigenvalue weighted by Crippen LogP contribution is -2.20. The van der Waals surface area contributed by atoms with Crippen molar-refractivity contribution in [3.05, 3.63) is 5.82 Å². The maximum Gasteiger partial charge on any atom is 0.242 e. The molecule has 1 fully saturated rings. The van der Waals surface area contributed by atoms with Crippen LogP contribution in [0.1, 0.15) is 44.3 Å². The Morgan fingerprint density at radius 1 is 1.17 bits per heavy atom. The number of ether oxygens (including phenoxy) is 1. The average molecular weight is 250 g/mol. The molecule has 0 radical (unpaired) electrons. The zero-order valence-electron chi connectivity index (χ0n) is 11.2. The first-order chi connectivity index (χ1) is 8.70. The molecule has 0 aromatic carbocycles.